The van der Waals surface area contributed by atoms with Crippen molar-refractivity contribution < 1.29 is 23.8 Å². The molecule has 6 heteroatoms. The smallest absolute Gasteiger partial charge is 0.306 e. The van der Waals surface area contributed by atoms with Crippen molar-refractivity contribution in [2.45, 2.75) is 58.0 Å². The van der Waals surface area contributed by atoms with E-state index in [9.17, 15) is 14.3 Å². The fourth-order valence-electron chi connectivity index (χ4n) is 5.51. The number of hydrogen-bond donors (Lipinski definition) is 1. The van der Waals surface area contributed by atoms with Crippen molar-refractivity contribution in [1.29, 1.82) is 0 Å². The number of hydrogen-bond acceptors (Lipinski definition) is 4. The minimum Gasteiger partial charge on any atom is -0.485 e. The van der Waals surface area contributed by atoms with Crippen LogP contribution in [0.2, 0.25) is 0 Å². The van der Waals surface area contributed by atoms with Gasteiger partial charge < -0.3 is 14.6 Å². The van der Waals surface area contributed by atoms with E-state index in [4.69, 9.17) is 9.47 Å². The lowest BCUT2D eigenvalue weighted by Crippen LogP contribution is -2.21. The van der Waals surface area contributed by atoms with Gasteiger partial charge in [0.05, 0.1) is 19.2 Å². The summed E-state index contributed by atoms with van der Waals surface area (Å²) in [5.41, 5.74) is 5.61. The molecule has 1 saturated carbocycles. The van der Waals surface area contributed by atoms with Gasteiger partial charge in [0, 0.05) is 11.6 Å². The number of nitrogens with zero attached hydrogens (tertiary/aromatic N) is 1. The quantitative estimate of drug-likeness (QED) is 0.380. The van der Waals surface area contributed by atoms with Crippen LogP contribution < -0.4 is 9.47 Å². The number of fused-ring (bicyclic) bond motifs is 1. The summed E-state index contributed by atoms with van der Waals surface area (Å²) in [7, 11) is 1.52. The maximum absolute atomic E-state index is 14.6. The Bertz CT molecular complexity index is 1290. The van der Waals surface area contributed by atoms with Crippen molar-refractivity contribution in [2.24, 2.45) is 11.8 Å². The molecule has 0 amide bonds. The Balaban J connectivity index is 1.43. The standard InChI is InChI=1S/C30H32FNO4/c1-4-18-13-21(9-11-23(18)24-15-28(35-3)32-16-25(24)31)26-12-10-19-5-8-22(14-27(19)36-26)29(20-6-7-20)17(2)30(33)34/h5,8-9,11,13-17,20,26,29H,4,6-7,10,12H2,1-3H3,(H,33,34)/t17-,26+,29-/m0/s1. The number of methoxy groups -OCH3 is 1. The van der Waals surface area contributed by atoms with E-state index >= 15 is 0 Å². The van der Waals surface area contributed by atoms with E-state index in [0.717, 1.165) is 65.7 Å². The van der Waals surface area contributed by atoms with Gasteiger partial charge in [0.2, 0.25) is 5.88 Å². The maximum atomic E-state index is 14.6. The summed E-state index contributed by atoms with van der Waals surface area (Å²) in [6.07, 6.45) is 5.74. The molecule has 1 aliphatic carbocycles. The zero-order valence-electron chi connectivity index (χ0n) is 21.0. The second-order valence-corrected chi connectivity index (χ2v) is 9.98. The summed E-state index contributed by atoms with van der Waals surface area (Å²) in [4.78, 5) is 15.7. The molecule has 0 saturated heterocycles. The van der Waals surface area contributed by atoms with Gasteiger partial charge in [-0.15, -0.1) is 0 Å². The van der Waals surface area contributed by atoms with Gasteiger partial charge in [-0.1, -0.05) is 44.2 Å². The third kappa shape index (κ3) is 4.69. The molecule has 1 N–H and O–H groups in total. The Morgan fingerprint density at radius 1 is 1.17 bits per heavy atom. The molecule has 0 spiro atoms. The fraction of sp³-hybridized carbons (Fsp3) is 0.400. The van der Waals surface area contributed by atoms with E-state index in [-0.39, 0.29) is 17.8 Å². The summed E-state index contributed by atoms with van der Waals surface area (Å²) in [6, 6.07) is 14.0. The second-order valence-electron chi connectivity index (χ2n) is 9.98. The molecule has 1 aliphatic heterocycles. The monoisotopic (exact) mass is 489 g/mol. The first kappa shape index (κ1) is 24.3. The highest BCUT2D eigenvalue weighted by atomic mass is 19.1. The minimum atomic E-state index is -0.751. The van der Waals surface area contributed by atoms with E-state index in [1.807, 2.05) is 19.1 Å². The molecule has 0 unspecified atom stereocenters. The molecule has 2 heterocycles. The zero-order chi connectivity index (χ0) is 25.4. The third-order valence-electron chi connectivity index (χ3n) is 7.69. The van der Waals surface area contributed by atoms with Crippen LogP contribution in [0.3, 0.4) is 0 Å². The molecule has 36 heavy (non-hydrogen) atoms. The van der Waals surface area contributed by atoms with Gasteiger partial charge in [0.25, 0.3) is 0 Å². The number of carbonyl (C=O) groups is 1. The van der Waals surface area contributed by atoms with Gasteiger partial charge in [-0.2, -0.15) is 0 Å². The number of aryl methyl sites for hydroxylation is 2. The van der Waals surface area contributed by atoms with Crippen LogP contribution in [0.5, 0.6) is 11.6 Å². The normalized spacial score (nSPS) is 18.6. The van der Waals surface area contributed by atoms with Crippen molar-refractivity contribution in [3.05, 3.63) is 76.7 Å². The number of pyridine rings is 1. The summed E-state index contributed by atoms with van der Waals surface area (Å²) in [6.45, 7) is 3.87. The fourth-order valence-corrected chi connectivity index (χ4v) is 5.51. The number of halogens is 1. The lowest BCUT2D eigenvalue weighted by molar-refractivity contribution is -0.142. The first-order valence-corrected chi connectivity index (χ1v) is 12.7. The number of carboxylic acids is 1. The van der Waals surface area contributed by atoms with Crippen LogP contribution in [-0.2, 0) is 17.6 Å². The van der Waals surface area contributed by atoms with E-state index < -0.39 is 11.9 Å². The van der Waals surface area contributed by atoms with Crippen molar-refractivity contribution in [3.63, 3.8) is 0 Å². The Labute approximate surface area is 211 Å². The Hall–Kier alpha value is -3.41. The van der Waals surface area contributed by atoms with Crippen LogP contribution in [0.15, 0.2) is 48.7 Å². The highest BCUT2D eigenvalue weighted by molar-refractivity contribution is 5.71. The molecule has 2 aliphatic rings. The lowest BCUT2D eigenvalue weighted by atomic mass is 9.82. The van der Waals surface area contributed by atoms with Crippen LogP contribution >= 0.6 is 0 Å². The van der Waals surface area contributed by atoms with Crippen molar-refractivity contribution in [3.8, 4) is 22.8 Å². The number of rotatable bonds is 8. The van der Waals surface area contributed by atoms with Crippen molar-refractivity contribution in [2.75, 3.05) is 7.11 Å². The maximum Gasteiger partial charge on any atom is 0.306 e. The molecule has 1 aromatic heterocycles. The summed E-state index contributed by atoms with van der Waals surface area (Å²) in [5, 5.41) is 9.65. The van der Waals surface area contributed by atoms with Gasteiger partial charge in [0.15, 0.2) is 0 Å². The van der Waals surface area contributed by atoms with Gasteiger partial charge in [-0.3, -0.25) is 4.79 Å². The van der Waals surface area contributed by atoms with Crippen LogP contribution in [0.1, 0.15) is 67.4 Å². The second kappa shape index (κ2) is 9.92. The van der Waals surface area contributed by atoms with Crippen LogP contribution in [0.4, 0.5) is 4.39 Å². The summed E-state index contributed by atoms with van der Waals surface area (Å²) in [5.74, 6) is 0.104. The number of ether oxygens (including phenoxy) is 2. The highest BCUT2D eigenvalue weighted by Crippen LogP contribution is 2.48. The zero-order valence-corrected chi connectivity index (χ0v) is 21.0. The van der Waals surface area contributed by atoms with Gasteiger partial charge in [-0.05, 0) is 77.8 Å². The van der Waals surface area contributed by atoms with E-state index in [0.29, 0.717) is 17.4 Å². The molecule has 1 fully saturated rings. The molecule has 5 rings (SSSR count). The number of carboxylic acid groups (broad SMARTS) is 1. The predicted octanol–water partition coefficient (Wildman–Crippen LogP) is 6.74. The van der Waals surface area contributed by atoms with Gasteiger partial charge in [0.1, 0.15) is 17.7 Å². The van der Waals surface area contributed by atoms with E-state index in [2.05, 4.69) is 36.2 Å². The molecule has 3 aromatic rings. The molecule has 0 bridgehead atoms. The first-order chi connectivity index (χ1) is 17.4. The van der Waals surface area contributed by atoms with Crippen LogP contribution in [0.25, 0.3) is 11.1 Å². The topological polar surface area (TPSA) is 68.7 Å². The third-order valence-corrected chi connectivity index (χ3v) is 7.69. The Morgan fingerprint density at radius 2 is 1.97 bits per heavy atom. The largest absolute Gasteiger partial charge is 0.485 e. The van der Waals surface area contributed by atoms with E-state index in [1.54, 1.807) is 6.07 Å². The van der Waals surface area contributed by atoms with Crippen molar-refractivity contribution >= 4 is 5.97 Å². The Morgan fingerprint density at radius 3 is 2.67 bits per heavy atom. The first-order valence-electron chi connectivity index (χ1n) is 12.7. The predicted molar refractivity (Wildman–Crippen MR) is 136 cm³/mol. The highest BCUT2D eigenvalue weighted by Gasteiger charge is 2.39. The molecule has 2 aromatic carbocycles. The molecular weight excluding hydrogens is 457 g/mol. The molecule has 5 nitrogen and oxygen atoms in total. The average Bonchev–Trinajstić information content (AvgIpc) is 3.73. The van der Waals surface area contributed by atoms with Crippen LogP contribution in [-0.4, -0.2) is 23.2 Å². The SMILES string of the molecule is CCc1cc([C@H]2CCc3ccc([C@H](C4CC4)[C@H](C)C(=O)O)cc3O2)ccc1-c1cc(OC)ncc1F. The molecule has 188 valence electrons. The van der Waals surface area contributed by atoms with Crippen molar-refractivity contribution in [1.82, 2.24) is 4.98 Å². The van der Waals surface area contributed by atoms with E-state index in [1.165, 1.54) is 13.3 Å². The Kier molecular flexibility index (Phi) is 6.69. The average molecular weight is 490 g/mol. The minimum absolute atomic E-state index is 0.00926. The summed E-state index contributed by atoms with van der Waals surface area (Å²) < 4.78 is 26.3. The number of aromatic nitrogens is 1. The van der Waals surface area contributed by atoms with Gasteiger partial charge >= 0.3 is 5.97 Å². The van der Waals surface area contributed by atoms with Crippen LogP contribution in [0, 0.1) is 17.7 Å². The molecule has 3 atom stereocenters. The molecule has 0 radical (unpaired) electrons. The lowest BCUT2D eigenvalue weighted by Gasteiger charge is -2.29. The number of benzene rings is 2. The summed E-state index contributed by atoms with van der Waals surface area (Å²) >= 11 is 0. The molecular formula is C30H32FNO4. The number of aliphatic carboxylic acids is 1. The van der Waals surface area contributed by atoms with Gasteiger partial charge in [-0.25, -0.2) is 9.37 Å².